The lowest BCUT2D eigenvalue weighted by atomic mass is 10.2. The maximum absolute atomic E-state index is 13.7. The molecule has 11 heteroatoms. The first-order valence-electron chi connectivity index (χ1n) is 7.00. The lowest BCUT2D eigenvalue weighted by molar-refractivity contribution is 0.0686. The van der Waals surface area contributed by atoms with E-state index in [4.69, 9.17) is 5.11 Å². The summed E-state index contributed by atoms with van der Waals surface area (Å²) in [4.78, 5) is 11.9. The molecule has 134 valence electrons. The molecule has 0 atom stereocenters. The Kier molecular flexibility index (Phi) is 4.38. The van der Waals surface area contributed by atoms with Crippen molar-refractivity contribution in [1.29, 1.82) is 0 Å². The molecular formula is C15H10F2N4O4S. The first-order valence-corrected chi connectivity index (χ1v) is 8.48. The average Bonchev–Trinajstić information content (AvgIpc) is 3.08. The summed E-state index contributed by atoms with van der Waals surface area (Å²) in [6.45, 7) is 0. The Labute approximate surface area is 145 Å². The van der Waals surface area contributed by atoms with Gasteiger partial charge in [-0.15, -0.1) is 0 Å². The van der Waals surface area contributed by atoms with Crippen LogP contribution in [0.5, 0.6) is 0 Å². The smallest absolute Gasteiger partial charge is 0.341 e. The van der Waals surface area contributed by atoms with E-state index in [0.29, 0.717) is 17.8 Å². The van der Waals surface area contributed by atoms with Crippen molar-refractivity contribution in [2.75, 3.05) is 4.72 Å². The minimum atomic E-state index is -4.15. The third-order valence-electron chi connectivity index (χ3n) is 3.30. The van der Waals surface area contributed by atoms with Crippen molar-refractivity contribution >= 4 is 21.7 Å². The number of carboxylic acids is 1. The van der Waals surface area contributed by atoms with Gasteiger partial charge >= 0.3 is 5.97 Å². The zero-order valence-electron chi connectivity index (χ0n) is 12.8. The van der Waals surface area contributed by atoms with Crippen LogP contribution >= 0.6 is 0 Å². The molecule has 0 aliphatic carbocycles. The van der Waals surface area contributed by atoms with Gasteiger partial charge in [0.2, 0.25) is 0 Å². The van der Waals surface area contributed by atoms with Gasteiger partial charge in [-0.05, 0) is 36.4 Å². The number of anilines is 1. The minimum absolute atomic E-state index is 0.170. The van der Waals surface area contributed by atoms with Crippen LogP contribution in [0.4, 0.5) is 14.5 Å². The van der Waals surface area contributed by atoms with Crippen molar-refractivity contribution in [3.05, 3.63) is 66.0 Å². The summed E-state index contributed by atoms with van der Waals surface area (Å²) in [6, 6.07) is 6.60. The van der Waals surface area contributed by atoms with Crippen LogP contribution in [-0.2, 0) is 10.0 Å². The number of sulfonamides is 1. The molecular weight excluding hydrogens is 370 g/mol. The summed E-state index contributed by atoms with van der Waals surface area (Å²) in [5, 5.41) is 16.5. The highest BCUT2D eigenvalue weighted by molar-refractivity contribution is 7.92. The van der Waals surface area contributed by atoms with Crippen molar-refractivity contribution in [3.8, 4) is 5.69 Å². The Bertz CT molecular complexity index is 1040. The van der Waals surface area contributed by atoms with E-state index >= 15 is 0 Å². The van der Waals surface area contributed by atoms with Gasteiger partial charge in [0.25, 0.3) is 10.0 Å². The van der Waals surface area contributed by atoms with E-state index in [1.54, 1.807) is 0 Å². The van der Waals surface area contributed by atoms with Crippen molar-refractivity contribution in [2.24, 2.45) is 0 Å². The highest BCUT2D eigenvalue weighted by atomic mass is 32.2. The van der Waals surface area contributed by atoms with E-state index in [0.717, 1.165) is 0 Å². The predicted molar refractivity (Wildman–Crippen MR) is 85.5 cm³/mol. The van der Waals surface area contributed by atoms with Crippen LogP contribution in [0.3, 0.4) is 0 Å². The molecule has 8 nitrogen and oxygen atoms in total. The number of carbonyl (C=O) groups is 1. The third-order valence-corrected chi connectivity index (χ3v) is 4.70. The Morgan fingerprint density at radius 3 is 2.08 bits per heavy atom. The Balaban J connectivity index is 1.88. The molecule has 0 aliphatic rings. The van der Waals surface area contributed by atoms with Crippen LogP contribution < -0.4 is 4.72 Å². The van der Waals surface area contributed by atoms with E-state index in [-0.39, 0.29) is 4.90 Å². The molecule has 1 aromatic heterocycles. The highest BCUT2D eigenvalue weighted by Gasteiger charge is 2.21. The molecule has 2 aromatic carbocycles. The molecule has 0 saturated carbocycles. The van der Waals surface area contributed by atoms with Crippen LogP contribution in [0.15, 0.2) is 53.7 Å². The van der Waals surface area contributed by atoms with Gasteiger partial charge in [0.15, 0.2) is 0 Å². The molecule has 0 bridgehead atoms. The summed E-state index contributed by atoms with van der Waals surface area (Å²) in [6.07, 6.45) is 2.91. The molecule has 26 heavy (non-hydrogen) atoms. The molecule has 0 amide bonds. The average molecular weight is 380 g/mol. The largest absolute Gasteiger partial charge is 0.477 e. The summed E-state index contributed by atoms with van der Waals surface area (Å²) >= 11 is 0. The molecule has 0 saturated heterocycles. The lowest BCUT2D eigenvalue weighted by Gasteiger charge is -2.10. The zero-order valence-corrected chi connectivity index (χ0v) is 13.6. The van der Waals surface area contributed by atoms with E-state index in [2.05, 4.69) is 10.2 Å². The number of halogens is 2. The topological polar surface area (TPSA) is 114 Å². The molecule has 0 spiro atoms. The fraction of sp³-hybridized carbons (Fsp3) is 0. The number of carboxylic acid groups (broad SMARTS) is 1. The third kappa shape index (κ3) is 3.37. The van der Waals surface area contributed by atoms with Gasteiger partial charge in [-0.3, -0.25) is 4.72 Å². The molecule has 2 N–H and O–H groups in total. The molecule has 3 aromatic rings. The maximum Gasteiger partial charge on any atom is 0.341 e. The van der Waals surface area contributed by atoms with E-state index in [1.165, 1.54) is 41.5 Å². The number of rotatable bonds is 5. The minimum Gasteiger partial charge on any atom is -0.477 e. The summed E-state index contributed by atoms with van der Waals surface area (Å²) in [7, 11) is -4.15. The lowest BCUT2D eigenvalue weighted by Crippen LogP contribution is -2.14. The number of aromatic carboxylic acids is 1. The van der Waals surface area contributed by atoms with Crippen molar-refractivity contribution < 1.29 is 27.1 Å². The van der Waals surface area contributed by atoms with Gasteiger partial charge in [0.05, 0.1) is 28.7 Å². The van der Waals surface area contributed by atoms with Crippen LogP contribution in [0.2, 0.25) is 0 Å². The quantitative estimate of drug-likeness (QED) is 0.700. The SMILES string of the molecule is O=C(O)c1c(F)cc(NS(=O)(=O)c2ccc(-n3nccn3)cc2)cc1F. The number of nitrogens with one attached hydrogen (secondary N) is 1. The van der Waals surface area contributed by atoms with Gasteiger partial charge in [-0.2, -0.15) is 15.0 Å². The molecule has 0 radical (unpaired) electrons. The summed E-state index contributed by atoms with van der Waals surface area (Å²) < 4.78 is 54.0. The summed E-state index contributed by atoms with van der Waals surface area (Å²) in [5.74, 6) is -4.58. The van der Waals surface area contributed by atoms with Gasteiger partial charge in [0, 0.05) is 0 Å². The number of hydrogen-bond acceptors (Lipinski definition) is 5. The summed E-state index contributed by atoms with van der Waals surface area (Å²) in [5.41, 5.74) is -1.09. The Hall–Kier alpha value is -3.34. The number of benzene rings is 2. The molecule has 1 heterocycles. The van der Waals surface area contributed by atoms with Crippen LogP contribution in [-0.4, -0.2) is 34.5 Å². The van der Waals surface area contributed by atoms with Gasteiger partial charge in [-0.25, -0.2) is 22.0 Å². The van der Waals surface area contributed by atoms with E-state index in [1.807, 2.05) is 4.72 Å². The fourth-order valence-corrected chi connectivity index (χ4v) is 3.20. The van der Waals surface area contributed by atoms with Crippen molar-refractivity contribution in [3.63, 3.8) is 0 Å². The van der Waals surface area contributed by atoms with Crippen LogP contribution in [0.25, 0.3) is 5.69 Å². The van der Waals surface area contributed by atoms with E-state index < -0.39 is 38.9 Å². The molecule has 0 aliphatic heterocycles. The fourth-order valence-electron chi connectivity index (χ4n) is 2.16. The van der Waals surface area contributed by atoms with Gasteiger partial charge in [0.1, 0.15) is 17.2 Å². The second-order valence-corrected chi connectivity index (χ2v) is 6.72. The van der Waals surface area contributed by atoms with Gasteiger partial charge in [-0.1, -0.05) is 0 Å². The van der Waals surface area contributed by atoms with Crippen LogP contribution in [0, 0.1) is 11.6 Å². The van der Waals surface area contributed by atoms with Crippen molar-refractivity contribution in [2.45, 2.75) is 4.90 Å². The first-order chi connectivity index (χ1) is 12.3. The standard InChI is InChI=1S/C15H10F2N4O4S/c16-12-7-9(8-13(17)14(12)15(22)23)20-26(24,25)11-3-1-10(2-4-11)21-18-5-6-19-21/h1-8,20H,(H,22,23). The highest BCUT2D eigenvalue weighted by Crippen LogP contribution is 2.22. The maximum atomic E-state index is 13.7. The molecule has 0 unspecified atom stereocenters. The number of nitrogens with zero attached hydrogens (tertiary/aromatic N) is 3. The Morgan fingerprint density at radius 1 is 1.04 bits per heavy atom. The van der Waals surface area contributed by atoms with Gasteiger partial charge < -0.3 is 5.11 Å². The molecule has 0 fully saturated rings. The zero-order chi connectivity index (χ0) is 18.9. The van der Waals surface area contributed by atoms with E-state index in [9.17, 15) is 22.0 Å². The second kappa shape index (κ2) is 6.52. The Morgan fingerprint density at radius 2 is 1.58 bits per heavy atom. The predicted octanol–water partition coefficient (Wildman–Crippen LogP) is 2.04. The number of hydrogen-bond donors (Lipinski definition) is 2. The second-order valence-electron chi connectivity index (χ2n) is 5.04. The van der Waals surface area contributed by atoms with Crippen molar-refractivity contribution in [1.82, 2.24) is 15.0 Å². The van der Waals surface area contributed by atoms with Crippen LogP contribution in [0.1, 0.15) is 10.4 Å². The molecule has 3 rings (SSSR count). The first kappa shape index (κ1) is 17.5. The normalized spacial score (nSPS) is 11.3. The monoisotopic (exact) mass is 380 g/mol. The number of aromatic nitrogens is 3.